The van der Waals surface area contributed by atoms with Crippen molar-refractivity contribution in [3.8, 4) is 11.5 Å². The lowest BCUT2D eigenvalue weighted by atomic mass is 10.0. The van der Waals surface area contributed by atoms with E-state index in [4.69, 9.17) is 9.47 Å². The number of para-hydroxylation sites is 2. The number of thiazole rings is 1. The molecule has 0 aliphatic carbocycles. The fourth-order valence-corrected chi connectivity index (χ4v) is 3.92. The smallest absolute Gasteiger partial charge is 0.261 e. The molecule has 128 valence electrons. The van der Waals surface area contributed by atoms with Crippen LogP contribution in [0.2, 0.25) is 0 Å². The quantitative estimate of drug-likeness (QED) is 0.830. The molecule has 0 saturated carbocycles. The van der Waals surface area contributed by atoms with Gasteiger partial charge in [-0.15, -0.1) is 11.3 Å². The van der Waals surface area contributed by atoms with Crippen LogP contribution in [0.1, 0.15) is 36.0 Å². The van der Waals surface area contributed by atoms with Gasteiger partial charge in [-0.3, -0.25) is 4.79 Å². The topological polar surface area (TPSA) is 51.7 Å². The van der Waals surface area contributed by atoms with E-state index in [2.05, 4.69) is 4.98 Å². The number of likely N-dealkylation sites (tertiary alicyclic amines) is 1. The number of carbonyl (C=O) groups excluding carboxylic acids is 1. The maximum atomic E-state index is 12.7. The van der Waals surface area contributed by atoms with Gasteiger partial charge < -0.3 is 14.4 Å². The number of aromatic nitrogens is 1. The van der Waals surface area contributed by atoms with Crippen LogP contribution in [0, 0.1) is 6.92 Å². The van der Waals surface area contributed by atoms with Crippen molar-refractivity contribution in [3.05, 3.63) is 40.3 Å². The summed E-state index contributed by atoms with van der Waals surface area (Å²) < 4.78 is 11.0. The Balaban J connectivity index is 1.68. The van der Waals surface area contributed by atoms with Crippen LogP contribution in [0.3, 0.4) is 0 Å². The summed E-state index contributed by atoms with van der Waals surface area (Å²) in [6.45, 7) is 2.76. The Kier molecular flexibility index (Phi) is 5.35. The van der Waals surface area contributed by atoms with Gasteiger partial charge in [-0.1, -0.05) is 12.1 Å². The highest BCUT2D eigenvalue weighted by Crippen LogP contribution is 2.33. The van der Waals surface area contributed by atoms with Crippen LogP contribution in [0.5, 0.6) is 11.5 Å². The van der Waals surface area contributed by atoms with E-state index < -0.39 is 0 Å². The lowest BCUT2D eigenvalue weighted by Gasteiger charge is -2.34. The first kappa shape index (κ1) is 16.8. The zero-order chi connectivity index (χ0) is 16.9. The average Bonchev–Trinajstić information content (AvgIpc) is 3.06. The predicted molar refractivity (Wildman–Crippen MR) is 93.6 cm³/mol. The number of carbonyl (C=O) groups is 1. The van der Waals surface area contributed by atoms with E-state index in [-0.39, 0.29) is 18.6 Å². The molecule has 0 radical (unpaired) electrons. The Bertz CT molecular complexity index is 701. The average molecular weight is 346 g/mol. The highest BCUT2D eigenvalue weighted by Gasteiger charge is 2.30. The monoisotopic (exact) mass is 346 g/mol. The molecule has 1 saturated heterocycles. The third kappa shape index (κ3) is 3.70. The molecule has 1 amide bonds. The molecule has 1 aliphatic heterocycles. The number of methoxy groups -OCH3 is 1. The lowest BCUT2D eigenvalue weighted by Crippen LogP contribution is -2.41. The van der Waals surface area contributed by atoms with Crippen molar-refractivity contribution >= 4 is 17.2 Å². The minimum absolute atomic E-state index is 0.00143. The van der Waals surface area contributed by atoms with E-state index in [1.54, 1.807) is 18.4 Å². The highest BCUT2D eigenvalue weighted by atomic mass is 32.1. The molecular weight excluding hydrogens is 324 g/mol. The van der Waals surface area contributed by atoms with Crippen LogP contribution in [-0.2, 0) is 4.79 Å². The van der Waals surface area contributed by atoms with Gasteiger partial charge in [0.15, 0.2) is 18.1 Å². The minimum Gasteiger partial charge on any atom is -0.493 e. The number of nitrogens with zero attached hydrogens (tertiary/aromatic N) is 2. The number of piperidine rings is 1. The molecule has 0 N–H and O–H groups in total. The lowest BCUT2D eigenvalue weighted by molar-refractivity contribution is -0.137. The molecule has 1 aromatic heterocycles. The maximum absolute atomic E-state index is 12.7. The molecular formula is C18H22N2O3S. The summed E-state index contributed by atoms with van der Waals surface area (Å²) in [5.74, 6) is 1.22. The second kappa shape index (κ2) is 7.66. The molecule has 2 heterocycles. The van der Waals surface area contributed by atoms with E-state index in [1.165, 1.54) is 0 Å². The van der Waals surface area contributed by atoms with Gasteiger partial charge in [0.25, 0.3) is 5.91 Å². The van der Waals surface area contributed by atoms with Crippen LogP contribution >= 0.6 is 11.3 Å². The van der Waals surface area contributed by atoms with Crippen LogP contribution in [0.15, 0.2) is 29.6 Å². The summed E-state index contributed by atoms with van der Waals surface area (Å²) in [6, 6.07) is 7.45. The van der Waals surface area contributed by atoms with Crippen LogP contribution in [-0.4, -0.2) is 36.1 Å². The summed E-state index contributed by atoms with van der Waals surface area (Å²) in [6.07, 6.45) is 3.12. The van der Waals surface area contributed by atoms with E-state index in [1.807, 2.05) is 41.5 Å². The zero-order valence-electron chi connectivity index (χ0n) is 14.0. The second-order valence-corrected chi connectivity index (χ2v) is 6.76. The van der Waals surface area contributed by atoms with Crippen LogP contribution < -0.4 is 9.47 Å². The van der Waals surface area contributed by atoms with Gasteiger partial charge in [0, 0.05) is 17.6 Å². The number of rotatable bonds is 5. The van der Waals surface area contributed by atoms with Gasteiger partial charge in [-0.05, 0) is 38.3 Å². The zero-order valence-corrected chi connectivity index (χ0v) is 14.8. The van der Waals surface area contributed by atoms with E-state index in [9.17, 15) is 4.79 Å². The first-order valence-electron chi connectivity index (χ1n) is 8.16. The highest BCUT2D eigenvalue weighted by molar-refractivity contribution is 7.09. The summed E-state index contributed by atoms with van der Waals surface area (Å²) >= 11 is 1.63. The van der Waals surface area contributed by atoms with Crippen molar-refractivity contribution in [2.24, 2.45) is 0 Å². The molecule has 0 spiro atoms. The van der Waals surface area contributed by atoms with Gasteiger partial charge in [0.05, 0.1) is 13.2 Å². The standard InChI is InChI=1S/C18H22N2O3S/c1-13-12-24-18(19-13)14-7-5-6-10-20(14)17(21)11-23-16-9-4-3-8-15(16)22-2/h3-4,8-9,12,14H,5-7,10-11H2,1-2H3/t14-/m1/s1. The molecule has 0 bridgehead atoms. The molecule has 24 heavy (non-hydrogen) atoms. The van der Waals surface area contributed by atoms with Gasteiger partial charge in [-0.25, -0.2) is 4.98 Å². The maximum Gasteiger partial charge on any atom is 0.261 e. The Morgan fingerprint density at radius 1 is 1.33 bits per heavy atom. The van der Waals surface area contributed by atoms with Gasteiger partial charge in [-0.2, -0.15) is 0 Å². The van der Waals surface area contributed by atoms with Crippen molar-refractivity contribution in [1.29, 1.82) is 0 Å². The van der Waals surface area contributed by atoms with Crippen molar-refractivity contribution in [2.75, 3.05) is 20.3 Å². The first-order valence-corrected chi connectivity index (χ1v) is 9.04. The number of hydrogen-bond donors (Lipinski definition) is 0. The molecule has 1 aromatic carbocycles. The molecule has 0 unspecified atom stereocenters. The fourth-order valence-electron chi connectivity index (χ4n) is 2.97. The van der Waals surface area contributed by atoms with Gasteiger partial charge >= 0.3 is 0 Å². The molecule has 6 heteroatoms. The third-order valence-electron chi connectivity index (χ3n) is 4.17. The van der Waals surface area contributed by atoms with E-state index in [0.29, 0.717) is 11.5 Å². The normalized spacial score (nSPS) is 17.6. The Morgan fingerprint density at radius 2 is 2.12 bits per heavy atom. The van der Waals surface area contributed by atoms with E-state index in [0.717, 1.165) is 36.5 Å². The molecule has 5 nitrogen and oxygen atoms in total. The largest absolute Gasteiger partial charge is 0.493 e. The SMILES string of the molecule is COc1ccccc1OCC(=O)N1CCCC[C@@H]1c1nc(C)cs1. The van der Waals surface area contributed by atoms with Crippen molar-refractivity contribution < 1.29 is 14.3 Å². The molecule has 3 rings (SSSR count). The molecule has 2 aromatic rings. The fraction of sp³-hybridized carbons (Fsp3) is 0.444. The number of aryl methyl sites for hydroxylation is 1. The van der Waals surface area contributed by atoms with E-state index >= 15 is 0 Å². The summed E-state index contributed by atoms with van der Waals surface area (Å²) in [5, 5.41) is 3.07. The molecule has 1 fully saturated rings. The van der Waals surface area contributed by atoms with Gasteiger partial charge in [0.1, 0.15) is 5.01 Å². The summed E-state index contributed by atoms with van der Waals surface area (Å²) in [5.41, 5.74) is 1.01. The number of hydrogen-bond acceptors (Lipinski definition) is 5. The molecule has 1 atom stereocenters. The number of ether oxygens (including phenoxy) is 2. The van der Waals surface area contributed by atoms with Crippen molar-refractivity contribution in [1.82, 2.24) is 9.88 Å². The third-order valence-corrected chi connectivity index (χ3v) is 5.23. The van der Waals surface area contributed by atoms with Crippen molar-refractivity contribution in [2.45, 2.75) is 32.2 Å². The Hall–Kier alpha value is -2.08. The predicted octanol–water partition coefficient (Wildman–Crippen LogP) is 3.59. The first-order chi connectivity index (χ1) is 11.7. The second-order valence-electron chi connectivity index (χ2n) is 5.87. The molecule has 1 aliphatic rings. The number of amides is 1. The van der Waals surface area contributed by atoms with Gasteiger partial charge in [0.2, 0.25) is 0 Å². The Morgan fingerprint density at radius 3 is 2.83 bits per heavy atom. The van der Waals surface area contributed by atoms with Crippen molar-refractivity contribution in [3.63, 3.8) is 0 Å². The number of benzene rings is 1. The summed E-state index contributed by atoms with van der Waals surface area (Å²) in [7, 11) is 1.59. The summed E-state index contributed by atoms with van der Waals surface area (Å²) in [4.78, 5) is 19.2. The van der Waals surface area contributed by atoms with Crippen LogP contribution in [0.4, 0.5) is 0 Å². The van der Waals surface area contributed by atoms with Crippen LogP contribution in [0.25, 0.3) is 0 Å². The minimum atomic E-state index is -0.00143. The Labute approximate surface area is 146 Å².